The number of fused-ring (bicyclic) bond motifs is 1. The molecule has 15 unspecified atom stereocenters. The molecule has 0 spiro atoms. The minimum absolute atomic E-state index is 0.00123. The molecule has 0 radical (unpaired) electrons. The van der Waals surface area contributed by atoms with E-state index in [1.807, 2.05) is 0 Å². The number of esters is 1. The van der Waals surface area contributed by atoms with Gasteiger partial charge in [0.2, 0.25) is 6.29 Å². The number of phenolic OH excluding ortho intramolecular Hbond substituents is 3. The maximum atomic E-state index is 13.5. The average molecular weight is 975 g/mol. The lowest BCUT2D eigenvalue weighted by atomic mass is 9.95. The van der Waals surface area contributed by atoms with Gasteiger partial charge in [-0.25, -0.2) is 19.2 Å². The number of carboxylic acids is 3. The van der Waals surface area contributed by atoms with E-state index in [1.54, 1.807) is 0 Å². The van der Waals surface area contributed by atoms with Crippen molar-refractivity contribution in [2.45, 2.75) is 92.1 Å². The normalized spacial score (nSPS) is 31.5. The van der Waals surface area contributed by atoms with E-state index in [0.29, 0.717) is 5.56 Å². The van der Waals surface area contributed by atoms with Gasteiger partial charge in [-0.2, -0.15) is 0 Å². The predicted molar refractivity (Wildman–Crippen MR) is 220 cm³/mol. The van der Waals surface area contributed by atoms with Gasteiger partial charge in [-0.05, 0) is 42.0 Å². The monoisotopic (exact) mass is 974 g/mol. The van der Waals surface area contributed by atoms with Crippen molar-refractivity contribution in [1.82, 2.24) is 0 Å². The molecule has 370 valence electrons. The summed E-state index contributed by atoms with van der Waals surface area (Å²) in [7, 11) is 1.27. The van der Waals surface area contributed by atoms with Crippen LogP contribution >= 0.6 is 0 Å². The van der Waals surface area contributed by atoms with Crippen molar-refractivity contribution in [3.63, 3.8) is 0 Å². The van der Waals surface area contributed by atoms with E-state index in [9.17, 15) is 85.3 Å². The summed E-state index contributed by atoms with van der Waals surface area (Å²) in [6, 6.07) is 12.1. The number of hydrogen-bond acceptors (Lipinski definition) is 23. The molecule has 26 heteroatoms. The van der Waals surface area contributed by atoms with Crippen LogP contribution in [0.3, 0.4) is 0 Å². The van der Waals surface area contributed by atoms with Crippen molar-refractivity contribution in [2.75, 3.05) is 7.11 Å². The van der Waals surface area contributed by atoms with Gasteiger partial charge in [-0.1, -0.05) is 12.1 Å². The molecule has 4 heterocycles. The quantitative estimate of drug-likeness (QED) is 0.0478. The summed E-state index contributed by atoms with van der Waals surface area (Å²) < 4.78 is 50.1. The highest BCUT2D eigenvalue weighted by molar-refractivity contribution is 5.87. The Hall–Kier alpha value is -6.95. The van der Waals surface area contributed by atoms with E-state index >= 15 is 0 Å². The van der Waals surface area contributed by atoms with E-state index in [2.05, 4.69) is 0 Å². The Morgan fingerprint density at radius 2 is 1.20 bits per heavy atom. The third-order valence-electron chi connectivity index (χ3n) is 11.0. The molecule has 7 rings (SSSR count). The summed E-state index contributed by atoms with van der Waals surface area (Å²) in [6.07, 6.45) is -33.4. The Bertz CT molecular complexity index is 2650. The fraction of sp³-hybridized carbons (Fsp3) is 0.372. The Kier molecular flexibility index (Phi) is 14.7. The van der Waals surface area contributed by atoms with Crippen LogP contribution in [0.15, 0.2) is 76.0 Å². The number of carbonyl (C=O) groups is 4. The largest absolute Gasteiger partial charge is 0.508 e. The summed E-state index contributed by atoms with van der Waals surface area (Å²) in [5, 5.41) is 125. The fourth-order valence-corrected chi connectivity index (χ4v) is 7.51. The van der Waals surface area contributed by atoms with Gasteiger partial charge in [-0.15, -0.1) is 0 Å². The number of ether oxygens (including phenoxy) is 8. The van der Waals surface area contributed by atoms with E-state index in [4.69, 9.17) is 42.3 Å². The summed E-state index contributed by atoms with van der Waals surface area (Å²) in [4.78, 5) is 63.5. The van der Waals surface area contributed by atoms with Gasteiger partial charge >= 0.3 is 23.9 Å². The van der Waals surface area contributed by atoms with Crippen molar-refractivity contribution >= 4 is 40.9 Å². The number of rotatable bonds is 14. The third kappa shape index (κ3) is 10.4. The lowest BCUT2D eigenvalue weighted by Crippen LogP contribution is -2.68. The minimum Gasteiger partial charge on any atom is -0.508 e. The maximum absolute atomic E-state index is 13.5. The highest BCUT2D eigenvalue weighted by atomic mass is 16.8. The lowest BCUT2D eigenvalue weighted by Gasteiger charge is -2.47. The first-order chi connectivity index (χ1) is 32.7. The topological polar surface area (TPSA) is 415 Å². The molecule has 0 saturated carbocycles. The third-order valence-corrected chi connectivity index (χ3v) is 11.0. The summed E-state index contributed by atoms with van der Waals surface area (Å²) in [5.74, 6) is -8.82. The molecule has 3 saturated heterocycles. The van der Waals surface area contributed by atoms with Crippen LogP contribution in [-0.2, 0) is 47.6 Å². The number of carbonyl (C=O) groups excluding carboxylic acids is 1. The van der Waals surface area contributed by atoms with E-state index in [0.717, 1.165) is 30.4 Å². The van der Waals surface area contributed by atoms with Crippen LogP contribution in [0.2, 0.25) is 0 Å². The highest BCUT2D eigenvalue weighted by Gasteiger charge is 2.58. The molecular formula is C43H42O26. The molecule has 1 aromatic heterocycles. The SMILES string of the molecule is COc1cc(-c2cc(=O)c3c(O)cc(OC4OC(C(=O)O)C(O)C(O)C4OC4OC(C(=O)O)C(O)C(OC5OC(C(=O)O)C(O)C(O)C5O)C4OC(=O)C=Cc4ccc(O)cc4)cc3o2)ccc1O. The smallest absolute Gasteiger partial charge is 0.335 e. The number of aliphatic hydroxyl groups excluding tert-OH is 6. The van der Waals surface area contributed by atoms with E-state index in [-0.39, 0.29) is 39.5 Å². The van der Waals surface area contributed by atoms with Gasteiger partial charge in [0.25, 0.3) is 0 Å². The predicted octanol–water partition coefficient (Wildman–Crippen LogP) is -2.05. The molecule has 0 amide bonds. The molecule has 4 aromatic rings. The van der Waals surface area contributed by atoms with E-state index in [1.165, 1.54) is 49.6 Å². The second kappa shape index (κ2) is 20.3. The first-order valence-corrected chi connectivity index (χ1v) is 20.2. The summed E-state index contributed by atoms with van der Waals surface area (Å²) in [5.41, 5.74) is -0.621. The van der Waals surface area contributed by atoms with Gasteiger partial charge in [0.05, 0.1) is 7.11 Å². The highest BCUT2D eigenvalue weighted by Crippen LogP contribution is 2.38. The summed E-state index contributed by atoms with van der Waals surface area (Å²) in [6.45, 7) is 0. The Labute approximate surface area is 385 Å². The molecule has 15 atom stereocenters. The minimum atomic E-state index is -2.48. The zero-order valence-corrected chi connectivity index (χ0v) is 35.2. The Morgan fingerprint density at radius 3 is 1.84 bits per heavy atom. The molecule has 0 bridgehead atoms. The number of aliphatic hydroxyl groups is 6. The van der Waals surface area contributed by atoms with Gasteiger partial charge < -0.3 is 104 Å². The van der Waals surface area contributed by atoms with E-state index < -0.39 is 133 Å². The molecule has 3 fully saturated rings. The molecule has 0 aliphatic carbocycles. The first kappa shape index (κ1) is 49.9. The number of aromatic hydroxyl groups is 3. The number of carboxylic acid groups (broad SMARTS) is 3. The van der Waals surface area contributed by atoms with Crippen molar-refractivity contribution in [2.24, 2.45) is 0 Å². The van der Waals surface area contributed by atoms with Crippen molar-refractivity contribution in [3.8, 4) is 40.1 Å². The van der Waals surface area contributed by atoms with Gasteiger partial charge in [0, 0.05) is 29.8 Å². The van der Waals surface area contributed by atoms with Crippen LogP contribution in [-0.4, -0.2) is 184 Å². The lowest BCUT2D eigenvalue weighted by molar-refractivity contribution is -0.373. The second-order valence-corrected chi connectivity index (χ2v) is 15.6. The van der Waals surface area contributed by atoms with Crippen LogP contribution in [0.25, 0.3) is 28.4 Å². The standard InChI is InChI=1S/C43H42O26/c1-61-22-10-15(5-8-18(22)45)21-13-20(47)25-19(46)11-17(12-23(25)63-21)62-42-36(29(52)28(51)34(67-42)39(57)58)69-43-37(64-24(48)9-4-14-2-6-16(44)7-3-14)32(31(54)35(68-43)40(59)60)65-41-30(53)26(49)27(50)33(66-41)38(55)56/h2-13,26-37,41-46,49-54H,1H3,(H,55,56)(H,57,58)(H,59,60). The maximum Gasteiger partial charge on any atom is 0.335 e. The second-order valence-electron chi connectivity index (χ2n) is 15.6. The Morgan fingerprint density at radius 1 is 0.609 bits per heavy atom. The van der Waals surface area contributed by atoms with Crippen molar-refractivity contribution in [1.29, 1.82) is 0 Å². The van der Waals surface area contributed by atoms with Crippen LogP contribution in [0.4, 0.5) is 0 Å². The van der Waals surface area contributed by atoms with Crippen LogP contribution in [0.1, 0.15) is 5.56 Å². The zero-order chi connectivity index (χ0) is 50.2. The number of methoxy groups -OCH3 is 1. The number of phenols is 3. The molecule has 3 aliphatic heterocycles. The van der Waals surface area contributed by atoms with Crippen LogP contribution in [0.5, 0.6) is 28.7 Å². The Balaban J connectivity index is 1.27. The molecular weight excluding hydrogens is 932 g/mol. The average Bonchev–Trinajstić information content (AvgIpc) is 3.29. The molecule has 3 aliphatic rings. The van der Waals surface area contributed by atoms with Crippen molar-refractivity contribution in [3.05, 3.63) is 82.5 Å². The molecule has 12 N–H and O–H groups in total. The zero-order valence-electron chi connectivity index (χ0n) is 35.2. The molecule has 26 nitrogen and oxygen atoms in total. The molecule has 69 heavy (non-hydrogen) atoms. The van der Waals surface area contributed by atoms with Gasteiger partial charge in [0.1, 0.15) is 76.7 Å². The summed E-state index contributed by atoms with van der Waals surface area (Å²) >= 11 is 0. The van der Waals surface area contributed by atoms with Gasteiger partial charge in [0.15, 0.2) is 60.0 Å². The van der Waals surface area contributed by atoms with Gasteiger partial charge in [-0.3, -0.25) is 4.79 Å². The fourth-order valence-electron chi connectivity index (χ4n) is 7.51. The molecule has 3 aromatic carbocycles. The number of benzene rings is 3. The van der Waals surface area contributed by atoms with Crippen LogP contribution < -0.4 is 14.9 Å². The van der Waals surface area contributed by atoms with Crippen LogP contribution in [0, 0.1) is 0 Å². The van der Waals surface area contributed by atoms with Crippen molar-refractivity contribution < 1.29 is 123 Å². The first-order valence-electron chi connectivity index (χ1n) is 20.2. The number of aliphatic carboxylic acids is 3. The number of hydrogen-bond donors (Lipinski definition) is 12.